The van der Waals surface area contributed by atoms with Crippen LogP contribution in [0.4, 0.5) is 0 Å². The van der Waals surface area contributed by atoms with Gasteiger partial charge in [-0.25, -0.2) is 8.42 Å². The zero-order valence-corrected chi connectivity index (χ0v) is 17.8. The van der Waals surface area contributed by atoms with Crippen molar-refractivity contribution in [2.45, 2.75) is 50.8 Å². The molecule has 2 aromatic heterocycles. The highest BCUT2D eigenvalue weighted by Crippen LogP contribution is 2.32. The zero-order chi connectivity index (χ0) is 20.6. The average molecular weight is 421 g/mol. The van der Waals surface area contributed by atoms with Crippen LogP contribution in [-0.2, 0) is 10.0 Å². The topological polar surface area (TPSA) is 99.5 Å². The van der Waals surface area contributed by atoms with Crippen LogP contribution in [0.25, 0.3) is 11.5 Å². The lowest BCUT2D eigenvalue weighted by Gasteiger charge is -2.29. The summed E-state index contributed by atoms with van der Waals surface area (Å²) in [4.78, 5) is 14.9. The molecule has 29 heavy (non-hydrogen) atoms. The van der Waals surface area contributed by atoms with Crippen molar-refractivity contribution in [1.82, 2.24) is 19.4 Å². The van der Waals surface area contributed by atoms with Crippen LogP contribution >= 0.6 is 0 Å². The average Bonchev–Trinajstić information content (AvgIpc) is 3.35. The Kier molecular flexibility index (Phi) is 5.52. The molecule has 4 rings (SSSR count). The minimum absolute atomic E-state index is 0.100. The molecule has 2 aromatic rings. The fraction of sp³-hybridized carbons (Fsp3) is 0.600. The number of rotatable bonds is 4. The number of aromatic nitrogens is 2. The number of nitrogens with one attached hydrogen (secondary N) is 1. The molecule has 0 unspecified atom stereocenters. The summed E-state index contributed by atoms with van der Waals surface area (Å²) in [6.45, 7) is 6.29. The van der Waals surface area contributed by atoms with Gasteiger partial charge in [0.1, 0.15) is 16.3 Å². The normalized spacial score (nSPS) is 19.6. The standard InChI is InChI=1S/C20H28N4O4S/c1-14-6-10-24(11-7-14)29(26,27)18-12-17(28-15(18)2)19-16(13-21-22-19)20(25)23-8-4-3-5-9-23/h12-14H,3-11H2,1-2H3,(H,21,22). The number of piperidine rings is 2. The van der Waals surface area contributed by atoms with Crippen LogP contribution in [0, 0.1) is 12.8 Å². The molecule has 0 spiro atoms. The van der Waals surface area contributed by atoms with Crippen LogP contribution in [0.5, 0.6) is 0 Å². The van der Waals surface area contributed by atoms with Gasteiger partial charge in [0.2, 0.25) is 10.0 Å². The van der Waals surface area contributed by atoms with Gasteiger partial charge in [-0.1, -0.05) is 6.92 Å². The third-order valence-corrected chi connectivity index (χ3v) is 8.00. The number of hydrogen-bond acceptors (Lipinski definition) is 5. The monoisotopic (exact) mass is 420 g/mol. The molecule has 2 saturated heterocycles. The van der Waals surface area contributed by atoms with Gasteiger partial charge in [-0.3, -0.25) is 9.89 Å². The number of hydrogen-bond donors (Lipinski definition) is 1. The molecule has 2 aliphatic heterocycles. The van der Waals surface area contributed by atoms with E-state index in [1.165, 1.54) is 16.6 Å². The van der Waals surface area contributed by atoms with Gasteiger partial charge in [0.25, 0.3) is 5.91 Å². The predicted molar refractivity (Wildman–Crippen MR) is 108 cm³/mol. The van der Waals surface area contributed by atoms with Gasteiger partial charge in [0.05, 0.1) is 11.8 Å². The second-order valence-corrected chi connectivity index (χ2v) is 10.0. The van der Waals surface area contributed by atoms with Crippen LogP contribution in [0.2, 0.25) is 0 Å². The Bertz CT molecular complexity index is 980. The Labute approximate surface area is 171 Å². The smallest absolute Gasteiger partial charge is 0.257 e. The molecule has 9 heteroatoms. The van der Waals surface area contributed by atoms with Gasteiger partial charge in [0.15, 0.2) is 5.76 Å². The van der Waals surface area contributed by atoms with Crippen molar-refractivity contribution in [1.29, 1.82) is 0 Å². The summed E-state index contributed by atoms with van der Waals surface area (Å²) >= 11 is 0. The minimum atomic E-state index is -3.63. The fourth-order valence-electron chi connectivity index (χ4n) is 4.11. The van der Waals surface area contributed by atoms with Crippen molar-refractivity contribution in [3.05, 3.63) is 23.6 Å². The number of carbonyl (C=O) groups excluding carboxylic acids is 1. The van der Waals surface area contributed by atoms with E-state index in [0.29, 0.717) is 41.8 Å². The summed E-state index contributed by atoms with van der Waals surface area (Å²) < 4.78 is 33.6. The van der Waals surface area contributed by atoms with Crippen LogP contribution in [-0.4, -0.2) is 59.9 Å². The van der Waals surface area contributed by atoms with E-state index in [0.717, 1.165) is 45.2 Å². The molecule has 0 radical (unpaired) electrons. The highest BCUT2D eigenvalue weighted by molar-refractivity contribution is 7.89. The molecule has 4 heterocycles. The van der Waals surface area contributed by atoms with Gasteiger partial charge >= 0.3 is 0 Å². The lowest BCUT2D eigenvalue weighted by Crippen LogP contribution is -2.37. The van der Waals surface area contributed by atoms with Crippen molar-refractivity contribution in [2.24, 2.45) is 5.92 Å². The van der Waals surface area contributed by atoms with Gasteiger partial charge in [-0.15, -0.1) is 0 Å². The van der Waals surface area contributed by atoms with Gasteiger partial charge in [-0.05, 0) is 44.9 Å². The molecule has 0 bridgehead atoms. The number of aromatic amines is 1. The lowest BCUT2D eigenvalue weighted by atomic mass is 10.0. The molecule has 0 saturated carbocycles. The summed E-state index contributed by atoms with van der Waals surface area (Å²) in [5, 5.41) is 6.84. The van der Waals surface area contributed by atoms with E-state index >= 15 is 0 Å². The number of amides is 1. The number of H-pyrrole nitrogens is 1. The number of aryl methyl sites for hydroxylation is 1. The van der Waals surface area contributed by atoms with Crippen molar-refractivity contribution < 1.29 is 17.6 Å². The second kappa shape index (κ2) is 7.95. The van der Waals surface area contributed by atoms with E-state index in [-0.39, 0.29) is 10.8 Å². The number of carbonyl (C=O) groups is 1. The summed E-state index contributed by atoms with van der Waals surface area (Å²) in [5.41, 5.74) is 0.841. The third-order valence-electron chi connectivity index (χ3n) is 5.99. The molecule has 0 aliphatic carbocycles. The van der Waals surface area contributed by atoms with Crippen molar-refractivity contribution in [3.63, 3.8) is 0 Å². The van der Waals surface area contributed by atoms with E-state index in [1.807, 2.05) is 4.90 Å². The summed E-state index contributed by atoms with van der Waals surface area (Å²) in [7, 11) is -3.63. The first-order valence-electron chi connectivity index (χ1n) is 10.3. The highest BCUT2D eigenvalue weighted by Gasteiger charge is 2.32. The van der Waals surface area contributed by atoms with E-state index in [9.17, 15) is 13.2 Å². The maximum atomic E-state index is 13.1. The Morgan fingerprint density at radius 2 is 1.86 bits per heavy atom. The zero-order valence-electron chi connectivity index (χ0n) is 17.0. The number of furan rings is 1. The second-order valence-electron chi connectivity index (χ2n) is 8.13. The Morgan fingerprint density at radius 3 is 2.55 bits per heavy atom. The fourth-order valence-corrected chi connectivity index (χ4v) is 5.74. The summed E-state index contributed by atoms with van der Waals surface area (Å²) in [6, 6.07) is 1.52. The van der Waals surface area contributed by atoms with Crippen molar-refractivity contribution in [2.75, 3.05) is 26.2 Å². The van der Waals surface area contributed by atoms with E-state index in [1.54, 1.807) is 6.92 Å². The largest absolute Gasteiger partial charge is 0.458 e. The van der Waals surface area contributed by atoms with Crippen LogP contribution in [0.1, 0.15) is 55.1 Å². The molecule has 1 N–H and O–H groups in total. The van der Waals surface area contributed by atoms with Crippen LogP contribution < -0.4 is 0 Å². The Morgan fingerprint density at radius 1 is 1.17 bits per heavy atom. The van der Waals surface area contributed by atoms with Crippen LogP contribution in [0.3, 0.4) is 0 Å². The van der Waals surface area contributed by atoms with Gasteiger partial charge in [0, 0.05) is 32.2 Å². The predicted octanol–water partition coefficient (Wildman–Crippen LogP) is 3.02. The SMILES string of the molecule is Cc1oc(-c2[nH]ncc2C(=O)N2CCCCC2)cc1S(=O)(=O)N1CCC(C)CC1. The Hall–Kier alpha value is -2.13. The maximum Gasteiger partial charge on any atom is 0.257 e. The summed E-state index contributed by atoms with van der Waals surface area (Å²) in [5.74, 6) is 1.08. The molecular formula is C20H28N4O4S. The summed E-state index contributed by atoms with van der Waals surface area (Å²) in [6.07, 6.45) is 6.33. The van der Waals surface area contributed by atoms with Gasteiger partial charge in [-0.2, -0.15) is 9.40 Å². The molecule has 2 aliphatic rings. The minimum Gasteiger partial charge on any atom is -0.458 e. The third kappa shape index (κ3) is 3.85. The lowest BCUT2D eigenvalue weighted by molar-refractivity contribution is 0.0725. The van der Waals surface area contributed by atoms with E-state index in [4.69, 9.17) is 4.42 Å². The van der Waals surface area contributed by atoms with Crippen LogP contribution in [0.15, 0.2) is 21.6 Å². The van der Waals surface area contributed by atoms with Gasteiger partial charge < -0.3 is 9.32 Å². The molecule has 1 amide bonds. The van der Waals surface area contributed by atoms with E-state index < -0.39 is 10.0 Å². The first-order valence-corrected chi connectivity index (χ1v) is 11.8. The molecule has 8 nitrogen and oxygen atoms in total. The molecule has 158 valence electrons. The van der Waals surface area contributed by atoms with E-state index in [2.05, 4.69) is 17.1 Å². The number of likely N-dealkylation sites (tertiary alicyclic amines) is 1. The first kappa shape index (κ1) is 20.2. The molecular weight excluding hydrogens is 392 g/mol. The number of nitrogens with zero attached hydrogens (tertiary/aromatic N) is 3. The highest BCUT2D eigenvalue weighted by atomic mass is 32.2. The first-order chi connectivity index (χ1) is 13.9. The quantitative estimate of drug-likeness (QED) is 0.820. The maximum absolute atomic E-state index is 13.1. The number of sulfonamides is 1. The molecule has 2 fully saturated rings. The van der Waals surface area contributed by atoms with Crippen molar-refractivity contribution in [3.8, 4) is 11.5 Å². The molecule has 0 atom stereocenters. The Balaban J connectivity index is 1.62. The van der Waals surface area contributed by atoms with Crippen molar-refractivity contribution >= 4 is 15.9 Å². The molecule has 0 aromatic carbocycles.